The number of hydrogen-bond donors (Lipinski definition) is 0. The number of anilines is 1. The van der Waals surface area contributed by atoms with Crippen LogP contribution < -0.4 is 4.90 Å². The van der Waals surface area contributed by atoms with Gasteiger partial charge in [0, 0.05) is 24.4 Å². The molecule has 1 unspecified atom stereocenters. The summed E-state index contributed by atoms with van der Waals surface area (Å²) in [7, 11) is 0. The molecule has 1 aliphatic heterocycles. The monoisotopic (exact) mass is 453 g/mol. The van der Waals surface area contributed by atoms with Crippen molar-refractivity contribution >= 4 is 40.9 Å². The van der Waals surface area contributed by atoms with Gasteiger partial charge in [0.1, 0.15) is 12.0 Å². The molecule has 0 N–H and O–H groups in total. The molecular weight excluding hydrogens is 421 g/mol. The average molecular weight is 454 g/mol. The first-order chi connectivity index (χ1) is 14.1. The fourth-order valence-electron chi connectivity index (χ4n) is 5.02. The van der Waals surface area contributed by atoms with Gasteiger partial charge >= 0.3 is 0 Å². The number of thioether (sulfide) groups is 1. The van der Waals surface area contributed by atoms with Gasteiger partial charge in [-0.1, -0.05) is 50.3 Å². The average Bonchev–Trinajstić information content (AvgIpc) is 3.13. The van der Waals surface area contributed by atoms with E-state index in [1.807, 2.05) is 4.90 Å². The Morgan fingerprint density at radius 2 is 1.63 bits per heavy atom. The zero-order chi connectivity index (χ0) is 20.2. The number of amides is 1. The smallest absolute Gasteiger partial charge is 0.225 e. The lowest BCUT2D eigenvalue weighted by molar-refractivity contribution is -0.117. The summed E-state index contributed by atoms with van der Waals surface area (Å²) in [5.74, 6) is 0.544. The molecule has 3 aliphatic rings. The number of benzene rings is 1. The normalized spacial score (nSPS) is 24.7. The van der Waals surface area contributed by atoms with Crippen molar-refractivity contribution in [3.63, 3.8) is 0 Å². The molecule has 30 heavy (non-hydrogen) atoms. The van der Waals surface area contributed by atoms with Crippen molar-refractivity contribution in [1.29, 1.82) is 0 Å². The second-order valence-electron chi connectivity index (χ2n) is 8.56. The predicted molar refractivity (Wildman–Crippen MR) is 126 cm³/mol. The zero-order valence-electron chi connectivity index (χ0n) is 17.8. The van der Waals surface area contributed by atoms with Crippen LogP contribution in [0.4, 0.5) is 10.1 Å². The SMILES string of the molecule is CC(=O)N(c1ccc(F)cc1)C1CSC(=NC2CCCCC2)N1C1CCCCC1.Cl. The molecule has 7 heteroatoms. The number of hydrogen-bond acceptors (Lipinski definition) is 3. The number of carbonyl (C=O) groups excluding carboxylic acids is 1. The molecule has 1 saturated heterocycles. The number of rotatable bonds is 4. The molecule has 166 valence electrons. The van der Waals surface area contributed by atoms with Gasteiger partial charge in [0.2, 0.25) is 5.91 Å². The Bertz CT molecular complexity index is 732. The van der Waals surface area contributed by atoms with Crippen LogP contribution in [0.2, 0.25) is 0 Å². The number of amidine groups is 1. The fraction of sp³-hybridized carbons (Fsp3) is 0.652. The Labute approximate surface area is 190 Å². The minimum atomic E-state index is -0.276. The molecule has 2 saturated carbocycles. The van der Waals surface area contributed by atoms with Gasteiger partial charge in [0.15, 0.2) is 5.17 Å². The maximum atomic E-state index is 13.5. The third-order valence-corrected chi connectivity index (χ3v) is 7.52. The van der Waals surface area contributed by atoms with Crippen LogP contribution in [-0.2, 0) is 4.79 Å². The highest BCUT2D eigenvalue weighted by Crippen LogP contribution is 2.37. The van der Waals surface area contributed by atoms with Crippen molar-refractivity contribution in [2.75, 3.05) is 10.7 Å². The Hall–Kier alpha value is -1.27. The quantitative estimate of drug-likeness (QED) is 0.561. The van der Waals surface area contributed by atoms with Crippen LogP contribution in [0.25, 0.3) is 0 Å². The second-order valence-corrected chi connectivity index (χ2v) is 9.55. The van der Waals surface area contributed by atoms with Gasteiger partial charge in [-0.05, 0) is 49.9 Å². The lowest BCUT2D eigenvalue weighted by Gasteiger charge is -2.41. The Morgan fingerprint density at radius 1 is 1.03 bits per heavy atom. The van der Waals surface area contributed by atoms with Crippen molar-refractivity contribution in [3.05, 3.63) is 30.1 Å². The van der Waals surface area contributed by atoms with E-state index < -0.39 is 0 Å². The third kappa shape index (κ3) is 5.31. The number of carbonyl (C=O) groups is 1. The minimum Gasteiger partial charge on any atom is -0.327 e. The molecule has 1 amide bonds. The zero-order valence-corrected chi connectivity index (χ0v) is 19.4. The van der Waals surface area contributed by atoms with Crippen LogP contribution in [-0.4, -0.2) is 40.0 Å². The molecule has 1 atom stereocenters. The van der Waals surface area contributed by atoms with Crippen LogP contribution in [0.1, 0.15) is 71.1 Å². The summed E-state index contributed by atoms with van der Waals surface area (Å²) in [6, 6.07) is 7.18. The molecule has 4 nitrogen and oxygen atoms in total. The summed E-state index contributed by atoms with van der Waals surface area (Å²) >= 11 is 1.80. The maximum absolute atomic E-state index is 13.5. The number of nitrogens with zero attached hydrogens (tertiary/aromatic N) is 3. The topological polar surface area (TPSA) is 35.9 Å². The summed E-state index contributed by atoms with van der Waals surface area (Å²) in [5.41, 5.74) is 0.768. The molecule has 0 radical (unpaired) electrons. The third-order valence-electron chi connectivity index (χ3n) is 6.48. The van der Waals surface area contributed by atoms with E-state index in [1.54, 1.807) is 30.8 Å². The highest BCUT2D eigenvalue weighted by molar-refractivity contribution is 8.14. The first kappa shape index (κ1) is 23.4. The van der Waals surface area contributed by atoms with Crippen molar-refractivity contribution < 1.29 is 9.18 Å². The summed E-state index contributed by atoms with van der Waals surface area (Å²) in [6.45, 7) is 1.61. The van der Waals surface area contributed by atoms with Crippen molar-refractivity contribution in [3.8, 4) is 0 Å². The number of halogens is 2. The summed E-state index contributed by atoms with van der Waals surface area (Å²) in [4.78, 5) is 22.2. The molecule has 2 aliphatic carbocycles. The predicted octanol–water partition coefficient (Wildman–Crippen LogP) is 6.00. The maximum Gasteiger partial charge on any atom is 0.225 e. The highest BCUT2D eigenvalue weighted by Gasteiger charge is 2.41. The Balaban J connectivity index is 0.00000256. The summed E-state index contributed by atoms with van der Waals surface area (Å²) < 4.78 is 13.5. The van der Waals surface area contributed by atoms with Gasteiger partial charge in [-0.3, -0.25) is 14.7 Å². The van der Waals surface area contributed by atoms with E-state index in [9.17, 15) is 9.18 Å². The van der Waals surface area contributed by atoms with Gasteiger partial charge in [-0.2, -0.15) is 0 Å². The molecule has 1 aromatic carbocycles. The lowest BCUT2D eigenvalue weighted by Crippen LogP contribution is -2.54. The van der Waals surface area contributed by atoms with Crippen molar-refractivity contribution in [2.45, 2.75) is 89.4 Å². The van der Waals surface area contributed by atoms with Gasteiger partial charge in [0.05, 0.1) is 6.04 Å². The van der Waals surface area contributed by atoms with Gasteiger partial charge in [-0.25, -0.2) is 4.39 Å². The van der Waals surface area contributed by atoms with Gasteiger partial charge in [-0.15, -0.1) is 12.4 Å². The molecule has 0 bridgehead atoms. The van der Waals surface area contributed by atoms with Crippen molar-refractivity contribution in [2.24, 2.45) is 4.99 Å². The van der Waals surface area contributed by atoms with E-state index in [-0.39, 0.29) is 30.3 Å². The molecule has 0 spiro atoms. The van der Waals surface area contributed by atoms with Crippen molar-refractivity contribution in [1.82, 2.24) is 4.90 Å². The Morgan fingerprint density at radius 3 is 2.23 bits per heavy atom. The van der Waals surface area contributed by atoms with Gasteiger partial charge < -0.3 is 4.90 Å². The van der Waals surface area contributed by atoms with Crippen LogP contribution in [0.15, 0.2) is 29.3 Å². The van der Waals surface area contributed by atoms with E-state index >= 15 is 0 Å². The van der Waals surface area contributed by atoms with Gasteiger partial charge in [0.25, 0.3) is 0 Å². The molecule has 1 aromatic rings. The van der Waals surface area contributed by atoms with E-state index in [0.29, 0.717) is 12.1 Å². The first-order valence-electron chi connectivity index (χ1n) is 11.2. The van der Waals surface area contributed by atoms with E-state index in [4.69, 9.17) is 4.99 Å². The summed E-state index contributed by atoms with van der Waals surface area (Å²) in [6.07, 6.45) is 12.3. The molecule has 3 fully saturated rings. The second kappa shape index (κ2) is 10.9. The van der Waals surface area contributed by atoms with E-state index in [0.717, 1.165) is 29.4 Å². The van der Waals surface area contributed by atoms with Crippen LogP contribution in [0.5, 0.6) is 0 Å². The standard InChI is InChI=1S/C23H32FN3OS.ClH/c1-17(28)26(21-14-12-18(24)13-15-21)22-16-29-23(25-19-8-4-2-5-9-19)27(22)20-10-6-3-7-11-20;/h12-15,19-20,22H,2-11,16H2,1H3;1H. The lowest BCUT2D eigenvalue weighted by atomic mass is 9.94. The number of aliphatic imine (C=N–C) groups is 1. The van der Waals surface area contributed by atoms with E-state index in [1.165, 1.54) is 63.5 Å². The minimum absolute atomic E-state index is 0. The van der Waals surface area contributed by atoms with Crippen LogP contribution in [0.3, 0.4) is 0 Å². The van der Waals surface area contributed by atoms with E-state index in [2.05, 4.69) is 4.90 Å². The van der Waals surface area contributed by atoms with Crippen LogP contribution in [0, 0.1) is 5.82 Å². The molecule has 1 heterocycles. The summed E-state index contributed by atoms with van der Waals surface area (Å²) in [5, 5.41) is 1.13. The molecule has 4 rings (SSSR count). The first-order valence-corrected chi connectivity index (χ1v) is 12.2. The highest BCUT2D eigenvalue weighted by atomic mass is 35.5. The molecule has 0 aromatic heterocycles. The Kier molecular flexibility index (Phi) is 8.46. The largest absolute Gasteiger partial charge is 0.327 e. The molecular formula is C23H33ClFN3OS. The van der Waals surface area contributed by atoms with Crippen LogP contribution >= 0.6 is 24.2 Å². The fourth-order valence-corrected chi connectivity index (χ4v) is 6.28.